The van der Waals surface area contributed by atoms with Crippen molar-refractivity contribution in [3.05, 3.63) is 64.4 Å². The lowest BCUT2D eigenvalue weighted by Gasteiger charge is -2.06. The zero-order valence-electron chi connectivity index (χ0n) is 10.9. The molecule has 0 radical (unpaired) electrons. The number of hydrazone groups is 1. The Morgan fingerprint density at radius 1 is 1.24 bits per heavy atom. The highest BCUT2D eigenvalue weighted by Gasteiger charge is 2.03. The van der Waals surface area contributed by atoms with Gasteiger partial charge >= 0.3 is 0 Å². The van der Waals surface area contributed by atoms with Gasteiger partial charge in [0.25, 0.3) is 5.91 Å². The van der Waals surface area contributed by atoms with Crippen LogP contribution in [0.15, 0.2) is 58.1 Å². The smallest absolute Gasteiger partial charge is 0.277 e. The van der Waals surface area contributed by atoms with Crippen LogP contribution in [0.2, 0.25) is 0 Å². The monoisotopic (exact) mass is 350 g/mol. The summed E-state index contributed by atoms with van der Waals surface area (Å²) in [6.45, 7) is -0.149. The fourth-order valence-corrected chi connectivity index (χ4v) is 1.86. The highest BCUT2D eigenvalue weighted by Crippen LogP contribution is 2.23. The standard InChI is InChI=1S/C15H12BrFN2O2/c16-13-3-1-2-4-14(13)21-10-15(20)19-18-9-11-5-7-12(17)8-6-11/h1-9H,10H2,(H,19,20)/b18-9+. The quantitative estimate of drug-likeness (QED) is 0.665. The van der Waals surface area contributed by atoms with Crippen LogP contribution in [-0.2, 0) is 4.79 Å². The molecule has 0 unspecified atom stereocenters. The van der Waals surface area contributed by atoms with Crippen LogP contribution in [0.1, 0.15) is 5.56 Å². The topological polar surface area (TPSA) is 50.7 Å². The minimum atomic E-state index is -0.385. The van der Waals surface area contributed by atoms with Gasteiger partial charge in [0.2, 0.25) is 0 Å². The summed E-state index contributed by atoms with van der Waals surface area (Å²) in [7, 11) is 0. The molecular formula is C15H12BrFN2O2. The number of benzene rings is 2. The predicted octanol–water partition coefficient (Wildman–Crippen LogP) is 3.12. The van der Waals surface area contributed by atoms with Gasteiger partial charge in [-0.3, -0.25) is 4.79 Å². The molecule has 0 fully saturated rings. The number of hydrogen-bond acceptors (Lipinski definition) is 3. The van der Waals surface area contributed by atoms with E-state index in [2.05, 4.69) is 26.5 Å². The molecule has 1 amide bonds. The van der Waals surface area contributed by atoms with Crippen molar-refractivity contribution in [2.75, 3.05) is 6.61 Å². The molecule has 2 rings (SSSR count). The van der Waals surface area contributed by atoms with Gasteiger partial charge in [-0.25, -0.2) is 9.82 Å². The van der Waals surface area contributed by atoms with E-state index in [1.807, 2.05) is 18.2 Å². The van der Waals surface area contributed by atoms with Gasteiger partial charge < -0.3 is 4.74 Å². The van der Waals surface area contributed by atoms with E-state index < -0.39 is 0 Å². The van der Waals surface area contributed by atoms with Crippen molar-refractivity contribution in [3.8, 4) is 5.75 Å². The Morgan fingerprint density at radius 3 is 2.67 bits per heavy atom. The first-order chi connectivity index (χ1) is 10.1. The molecule has 0 saturated heterocycles. The fourth-order valence-electron chi connectivity index (χ4n) is 1.47. The van der Waals surface area contributed by atoms with E-state index in [0.29, 0.717) is 11.3 Å². The molecule has 0 atom stereocenters. The number of hydrogen-bond donors (Lipinski definition) is 1. The molecule has 2 aromatic rings. The summed E-state index contributed by atoms with van der Waals surface area (Å²) in [5.41, 5.74) is 3.02. The highest BCUT2D eigenvalue weighted by atomic mass is 79.9. The Kier molecular flexibility index (Phi) is 5.45. The lowest BCUT2D eigenvalue weighted by atomic mass is 10.2. The Morgan fingerprint density at radius 2 is 1.95 bits per heavy atom. The molecule has 0 spiro atoms. The van der Waals surface area contributed by atoms with Crippen LogP contribution in [0.5, 0.6) is 5.75 Å². The average Bonchev–Trinajstić information content (AvgIpc) is 2.48. The Hall–Kier alpha value is -2.21. The first kappa shape index (κ1) is 15.2. The summed E-state index contributed by atoms with van der Waals surface area (Å²) in [6, 6.07) is 13.0. The maximum Gasteiger partial charge on any atom is 0.277 e. The number of nitrogens with zero attached hydrogens (tertiary/aromatic N) is 1. The third kappa shape index (κ3) is 5.00. The number of amides is 1. The van der Waals surface area contributed by atoms with Crippen LogP contribution in [-0.4, -0.2) is 18.7 Å². The molecule has 0 aliphatic carbocycles. The Balaban J connectivity index is 1.80. The largest absolute Gasteiger partial charge is 0.483 e. The second-order valence-electron chi connectivity index (χ2n) is 4.06. The first-order valence-corrected chi connectivity index (χ1v) is 6.89. The fraction of sp³-hybridized carbons (Fsp3) is 0.0667. The SMILES string of the molecule is O=C(COc1ccccc1Br)N/N=C/c1ccc(F)cc1. The van der Waals surface area contributed by atoms with Gasteiger partial charge in [-0.15, -0.1) is 0 Å². The summed E-state index contributed by atoms with van der Waals surface area (Å²) in [6.07, 6.45) is 1.43. The minimum Gasteiger partial charge on any atom is -0.483 e. The summed E-state index contributed by atoms with van der Waals surface area (Å²) < 4.78 is 18.8. The molecule has 0 aliphatic rings. The number of nitrogens with one attached hydrogen (secondary N) is 1. The third-order valence-corrected chi connectivity index (χ3v) is 3.12. The van der Waals surface area contributed by atoms with E-state index in [4.69, 9.17) is 4.74 Å². The second-order valence-corrected chi connectivity index (χ2v) is 4.92. The highest BCUT2D eigenvalue weighted by molar-refractivity contribution is 9.10. The van der Waals surface area contributed by atoms with Gasteiger partial charge in [0.15, 0.2) is 6.61 Å². The maximum atomic E-state index is 12.7. The number of carbonyl (C=O) groups is 1. The molecule has 0 aromatic heterocycles. The van der Waals surface area contributed by atoms with Crippen molar-refractivity contribution >= 4 is 28.1 Å². The predicted molar refractivity (Wildman–Crippen MR) is 81.8 cm³/mol. The van der Waals surface area contributed by atoms with Crippen LogP contribution in [0.4, 0.5) is 4.39 Å². The molecule has 0 bridgehead atoms. The Labute approximate surface area is 129 Å². The van der Waals surface area contributed by atoms with Crippen LogP contribution in [0.3, 0.4) is 0 Å². The lowest BCUT2D eigenvalue weighted by Crippen LogP contribution is -2.24. The van der Waals surface area contributed by atoms with Crippen molar-refractivity contribution in [2.24, 2.45) is 5.10 Å². The molecule has 108 valence electrons. The van der Waals surface area contributed by atoms with Crippen molar-refractivity contribution in [1.82, 2.24) is 5.43 Å². The summed E-state index contributed by atoms with van der Waals surface area (Å²) in [5, 5.41) is 3.77. The molecule has 0 heterocycles. The van der Waals surface area contributed by atoms with E-state index in [-0.39, 0.29) is 18.3 Å². The van der Waals surface area contributed by atoms with Crippen LogP contribution < -0.4 is 10.2 Å². The molecule has 0 aliphatic heterocycles. The molecule has 21 heavy (non-hydrogen) atoms. The molecule has 6 heteroatoms. The first-order valence-electron chi connectivity index (χ1n) is 6.10. The van der Waals surface area contributed by atoms with Gasteiger partial charge in [0.05, 0.1) is 10.7 Å². The van der Waals surface area contributed by atoms with Crippen molar-refractivity contribution in [3.63, 3.8) is 0 Å². The minimum absolute atomic E-state index is 0.149. The van der Waals surface area contributed by atoms with Crippen LogP contribution >= 0.6 is 15.9 Å². The van der Waals surface area contributed by atoms with E-state index in [9.17, 15) is 9.18 Å². The molecule has 4 nitrogen and oxygen atoms in total. The lowest BCUT2D eigenvalue weighted by molar-refractivity contribution is -0.123. The molecule has 0 saturated carbocycles. The van der Waals surface area contributed by atoms with Crippen molar-refractivity contribution in [2.45, 2.75) is 0 Å². The molecule has 2 aromatic carbocycles. The van der Waals surface area contributed by atoms with Crippen LogP contribution in [0, 0.1) is 5.82 Å². The van der Waals surface area contributed by atoms with Gasteiger partial charge in [0, 0.05) is 0 Å². The Bertz CT molecular complexity index is 644. The average molecular weight is 351 g/mol. The van der Waals surface area contributed by atoms with Gasteiger partial charge in [-0.2, -0.15) is 5.10 Å². The normalized spacial score (nSPS) is 10.6. The summed E-state index contributed by atoms with van der Waals surface area (Å²) >= 11 is 3.32. The number of rotatable bonds is 5. The van der Waals surface area contributed by atoms with Crippen molar-refractivity contribution < 1.29 is 13.9 Å². The number of para-hydroxylation sites is 1. The maximum absolute atomic E-state index is 12.7. The van der Waals surface area contributed by atoms with E-state index in [1.165, 1.54) is 18.3 Å². The number of halogens is 2. The zero-order valence-corrected chi connectivity index (χ0v) is 12.5. The summed E-state index contributed by atoms with van der Waals surface area (Å²) in [5.74, 6) is -0.127. The van der Waals surface area contributed by atoms with Gasteiger partial charge in [-0.1, -0.05) is 24.3 Å². The molecular weight excluding hydrogens is 339 g/mol. The zero-order chi connectivity index (χ0) is 15.1. The van der Waals surface area contributed by atoms with Crippen molar-refractivity contribution in [1.29, 1.82) is 0 Å². The molecule has 1 N–H and O–H groups in total. The summed E-state index contributed by atoms with van der Waals surface area (Å²) in [4.78, 5) is 11.5. The third-order valence-electron chi connectivity index (χ3n) is 2.47. The van der Waals surface area contributed by atoms with E-state index in [1.54, 1.807) is 18.2 Å². The van der Waals surface area contributed by atoms with Crippen LogP contribution in [0.25, 0.3) is 0 Å². The number of carbonyl (C=O) groups excluding carboxylic acids is 1. The second kappa shape index (κ2) is 7.54. The van der Waals surface area contributed by atoms with E-state index >= 15 is 0 Å². The number of ether oxygens (including phenoxy) is 1. The van der Waals surface area contributed by atoms with Gasteiger partial charge in [0.1, 0.15) is 11.6 Å². The van der Waals surface area contributed by atoms with Gasteiger partial charge in [-0.05, 0) is 45.8 Å². The van der Waals surface area contributed by atoms with E-state index in [0.717, 1.165) is 4.47 Å².